The summed E-state index contributed by atoms with van der Waals surface area (Å²) < 4.78 is 10.5. The van der Waals surface area contributed by atoms with E-state index in [1.807, 2.05) is 32.0 Å². The van der Waals surface area contributed by atoms with Crippen LogP contribution in [0.3, 0.4) is 0 Å². The first-order valence-electron chi connectivity index (χ1n) is 7.59. The molecule has 0 aliphatic rings. The number of nitrogens with one attached hydrogen (secondary N) is 1. The third kappa shape index (κ3) is 4.81. The summed E-state index contributed by atoms with van der Waals surface area (Å²) in [5.74, 6) is -0.541. The van der Waals surface area contributed by atoms with Crippen LogP contribution in [0.4, 0.5) is 5.00 Å². The lowest BCUT2D eigenvalue weighted by molar-refractivity contribution is -0.155. The number of nitriles is 1. The van der Waals surface area contributed by atoms with Gasteiger partial charge in [0, 0.05) is 0 Å². The van der Waals surface area contributed by atoms with Gasteiger partial charge >= 0.3 is 5.97 Å². The maximum Gasteiger partial charge on any atom is 0.344 e. The Hall–Kier alpha value is -2.85. The number of carbonyl (C=O) groups excluding carboxylic acids is 2. The van der Waals surface area contributed by atoms with Crippen molar-refractivity contribution in [3.63, 3.8) is 0 Å². The van der Waals surface area contributed by atoms with Crippen molar-refractivity contribution < 1.29 is 19.1 Å². The van der Waals surface area contributed by atoms with E-state index in [4.69, 9.17) is 14.7 Å². The van der Waals surface area contributed by atoms with Crippen LogP contribution < -0.4 is 10.1 Å². The van der Waals surface area contributed by atoms with Gasteiger partial charge in [0.05, 0.1) is 5.56 Å². The lowest BCUT2D eigenvalue weighted by Gasteiger charge is -2.14. The number of thiophene rings is 1. The molecule has 6 nitrogen and oxygen atoms in total. The Balaban J connectivity index is 1.86. The lowest BCUT2D eigenvalue weighted by atomic mass is 10.1. The average Bonchev–Trinajstić information content (AvgIpc) is 3.03. The van der Waals surface area contributed by atoms with Crippen molar-refractivity contribution in [3.05, 3.63) is 46.3 Å². The zero-order valence-electron chi connectivity index (χ0n) is 14.2. The fourth-order valence-corrected chi connectivity index (χ4v) is 2.75. The number of aryl methyl sites for hydroxylation is 1. The van der Waals surface area contributed by atoms with Crippen molar-refractivity contribution >= 4 is 28.2 Å². The second kappa shape index (κ2) is 8.31. The minimum atomic E-state index is -0.997. The lowest BCUT2D eigenvalue weighted by Crippen LogP contribution is -2.31. The number of hydrogen-bond acceptors (Lipinski definition) is 6. The van der Waals surface area contributed by atoms with Gasteiger partial charge < -0.3 is 14.8 Å². The highest BCUT2D eigenvalue weighted by atomic mass is 32.1. The van der Waals surface area contributed by atoms with E-state index in [-0.39, 0.29) is 6.61 Å². The summed E-state index contributed by atoms with van der Waals surface area (Å²) in [7, 11) is 0. The van der Waals surface area contributed by atoms with Crippen LogP contribution in [-0.4, -0.2) is 24.6 Å². The Morgan fingerprint density at radius 3 is 2.80 bits per heavy atom. The van der Waals surface area contributed by atoms with E-state index in [1.54, 1.807) is 17.5 Å². The van der Waals surface area contributed by atoms with Crippen LogP contribution in [0.1, 0.15) is 23.6 Å². The van der Waals surface area contributed by atoms with Crippen LogP contribution in [0.15, 0.2) is 29.6 Å². The fourth-order valence-electron chi connectivity index (χ4n) is 2.01. The molecule has 130 valence electrons. The number of nitrogens with zero attached hydrogens (tertiary/aromatic N) is 1. The highest BCUT2D eigenvalue weighted by Crippen LogP contribution is 2.22. The maximum absolute atomic E-state index is 12.1. The zero-order valence-corrected chi connectivity index (χ0v) is 15.0. The second-order valence-electron chi connectivity index (χ2n) is 5.38. The monoisotopic (exact) mass is 358 g/mol. The summed E-state index contributed by atoms with van der Waals surface area (Å²) in [6.07, 6.45) is -0.997. The fraction of sp³-hybridized carbons (Fsp3) is 0.278. The number of anilines is 1. The first-order valence-corrected chi connectivity index (χ1v) is 8.47. The Labute approximate surface area is 150 Å². The van der Waals surface area contributed by atoms with Crippen molar-refractivity contribution in [2.24, 2.45) is 0 Å². The molecule has 0 radical (unpaired) electrons. The topological polar surface area (TPSA) is 88.4 Å². The van der Waals surface area contributed by atoms with Gasteiger partial charge in [0.2, 0.25) is 0 Å². The first kappa shape index (κ1) is 18.5. The molecular weight excluding hydrogens is 340 g/mol. The Morgan fingerprint density at radius 1 is 1.32 bits per heavy atom. The van der Waals surface area contributed by atoms with E-state index in [1.165, 1.54) is 18.3 Å². The normalized spacial score (nSPS) is 11.3. The number of esters is 1. The molecule has 2 aromatic rings. The smallest absolute Gasteiger partial charge is 0.344 e. The van der Waals surface area contributed by atoms with E-state index >= 15 is 0 Å². The van der Waals surface area contributed by atoms with E-state index in [0.29, 0.717) is 16.3 Å². The van der Waals surface area contributed by atoms with Gasteiger partial charge in [-0.2, -0.15) is 5.26 Å². The molecule has 1 N–H and O–H groups in total. The molecule has 0 fully saturated rings. The summed E-state index contributed by atoms with van der Waals surface area (Å²) in [6, 6.07) is 9.14. The summed E-state index contributed by atoms with van der Waals surface area (Å²) in [6.45, 7) is 5.03. The molecule has 1 amide bonds. The summed E-state index contributed by atoms with van der Waals surface area (Å²) >= 11 is 1.23. The molecule has 1 heterocycles. The summed E-state index contributed by atoms with van der Waals surface area (Å²) in [5.41, 5.74) is 2.38. The average molecular weight is 358 g/mol. The molecule has 7 heteroatoms. The van der Waals surface area contributed by atoms with E-state index < -0.39 is 18.0 Å². The number of ether oxygens (including phenoxy) is 2. The molecule has 0 saturated heterocycles. The number of hydrogen-bond donors (Lipinski definition) is 1. The van der Waals surface area contributed by atoms with Gasteiger partial charge in [0.25, 0.3) is 5.91 Å². The first-order chi connectivity index (χ1) is 11.9. The van der Waals surface area contributed by atoms with Crippen molar-refractivity contribution in [1.82, 2.24) is 0 Å². The van der Waals surface area contributed by atoms with Crippen LogP contribution in [0.25, 0.3) is 0 Å². The molecule has 2 rings (SSSR count). The minimum Gasteiger partial charge on any atom is -0.482 e. The van der Waals surface area contributed by atoms with Crippen molar-refractivity contribution in [2.75, 3.05) is 11.9 Å². The van der Waals surface area contributed by atoms with Crippen molar-refractivity contribution in [1.29, 1.82) is 5.26 Å². The van der Waals surface area contributed by atoms with Crippen LogP contribution in [0, 0.1) is 25.2 Å². The van der Waals surface area contributed by atoms with Crippen LogP contribution in [-0.2, 0) is 14.3 Å². The summed E-state index contributed by atoms with van der Waals surface area (Å²) in [4.78, 5) is 23.9. The molecule has 0 bridgehead atoms. The summed E-state index contributed by atoms with van der Waals surface area (Å²) in [5, 5.41) is 13.6. The third-order valence-corrected chi connectivity index (χ3v) is 4.43. The van der Waals surface area contributed by atoms with Gasteiger partial charge in [-0.3, -0.25) is 4.79 Å². The predicted octanol–water partition coefficient (Wildman–Crippen LogP) is 3.19. The molecule has 25 heavy (non-hydrogen) atoms. The van der Waals surface area contributed by atoms with Gasteiger partial charge in [-0.15, -0.1) is 11.3 Å². The van der Waals surface area contributed by atoms with Crippen molar-refractivity contribution in [2.45, 2.75) is 26.9 Å². The zero-order chi connectivity index (χ0) is 18.4. The standard InChI is InChI=1S/C18H18N2O4S/c1-11-5-4-6-15(12(11)2)23-10-16(21)24-13(3)17(22)20-18-14(9-19)7-8-25-18/h4-8,13H,10H2,1-3H3,(H,20,22)/t13-/m0/s1. The number of rotatable bonds is 6. The minimum absolute atomic E-state index is 0.287. The van der Waals surface area contributed by atoms with Gasteiger partial charge in [-0.25, -0.2) is 4.79 Å². The van der Waals surface area contributed by atoms with Crippen molar-refractivity contribution in [3.8, 4) is 11.8 Å². The third-order valence-electron chi connectivity index (χ3n) is 3.60. The molecule has 1 aromatic carbocycles. The SMILES string of the molecule is Cc1cccc(OCC(=O)O[C@@H](C)C(=O)Nc2sccc2C#N)c1C. The van der Waals surface area contributed by atoms with Gasteiger partial charge in [-0.1, -0.05) is 12.1 Å². The van der Waals surface area contributed by atoms with Gasteiger partial charge in [-0.05, 0) is 49.4 Å². The Bertz CT molecular complexity index is 823. The highest BCUT2D eigenvalue weighted by molar-refractivity contribution is 7.14. The van der Waals surface area contributed by atoms with E-state index in [2.05, 4.69) is 5.32 Å². The van der Waals surface area contributed by atoms with Crippen LogP contribution in [0.2, 0.25) is 0 Å². The number of carbonyl (C=O) groups is 2. The molecule has 0 spiro atoms. The molecule has 0 unspecified atom stereocenters. The van der Waals surface area contributed by atoms with Crippen LogP contribution >= 0.6 is 11.3 Å². The largest absolute Gasteiger partial charge is 0.482 e. The van der Waals surface area contributed by atoms with Gasteiger partial charge in [0.15, 0.2) is 12.7 Å². The Morgan fingerprint density at radius 2 is 2.08 bits per heavy atom. The van der Waals surface area contributed by atoms with Crippen LogP contribution in [0.5, 0.6) is 5.75 Å². The number of amides is 1. The maximum atomic E-state index is 12.1. The Kier molecular flexibility index (Phi) is 6.14. The molecule has 1 aromatic heterocycles. The number of benzene rings is 1. The molecule has 0 aliphatic heterocycles. The van der Waals surface area contributed by atoms with Gasteiger partial charge in [0.1, 0.15) is 16.8 Å². The second-order valence-corrected chi connectivity index (χ2v) is 6.30. The highest BCUT2D eigenvalue weighted by Gasteiger charge is 2.20. The molecular formula is C18H18N2O4S. The molecule has 0 saturated carbocycles. The molecule has 0 aliphatic carbocycles. The van der Waals surface area contributed by atoms with E-state index in [9.17, 15) is 9.59 Å². The predicted molar refractivity (Wildman–Crippen MR) is 94.6 cm³/mol. The molecule has 1 atom stereocenters. The van der Waals surface area contributed by atoms with E-state index in [0.717, 1.165) is 11.1 Å². The quantitative estimate of drug-likeness (QED) is 0.801.